The smallest absolute Gasteiger partial charge is 0.0807 e. The van der Waals surface area contributed by atoms with Crippen LogP contribution in [0, 0.1) is 0 Å². The van der Waals surface area contributed by atoms with Crippen LogP contribution in [0.25, 0.3) is 0 Å². The van der Waals surface area contributed by atoms with Gasteiger partial charge in [0, 0.05) is 6.54 Å². The molecule has 102 valence electrons. The third kappa shape index (κ3) is 5.84. The van der Waals surface area contributed by atoms with Gasteiger partial charge < -0.3 is 14.8 Å². The molecule has 1 N–H and O–H groups in total. The third-order valence-corrected chi connectivity index (χ3v) is 3.24. The van der Waals surface area contributed by atoms with Gasteiger partial charge in [-0.25, -0.2) is 0 Å². The van der Waals surface area contributed by atoms with Gasteiger partial charge in [-0.3, -0.25) is 0 Å². The first-order valence-electron chi connectivity index (χ1n) is 6.96. The Labute approximate surface area is 106 Å². The predicted octanol–water partition coefficient (Wildman–Crippen LogP) is 2.74. The summed E-state index contributed by atoms with van der Waals surface area (Å²) >= 11 is 0. The van der Waals surface area contributed by atoms with Gasteiger partial charge in [-0.15, -0.1) is 0 Å². The van der Waals surface area contributed by atoms with Crippen LogP contribution in [0.5, 0.6) is 0 Å². The van der Waals surface area contributed by atoms with Gasteiger partial charge in [-0.05, 0) is 40.2 Å². The Morgan fingerprint density at radius 1 is 1.12 bits per heavy atom. The number of ether oxygens (including phenoxy) is 2. The first-order chi connectivity index (χ1) is 7.97. The van der Waals surface area contributed by atoms with E-state index in [1.165, 1.54) is 25.7 Å². The van der Waals surface area contributed by atoms with Crippen LogP contribution in [0.1, 0.15) is 53.4 Å². The molecule has 1 fully saturated rings. The first-order valence-corrected chi connectivity index (χ1v) is 6.96. The Balaban J connectivity index is 2.25. The first kappa shape index (κ1) is 14.9. The minimum atomic E-state index is -0.0616. The van der Waals surface area contributed by atoms with Crippen molar-refractivity contribution >= 4 is 0 Å². The Morgan fingerprint density at radius 2 is 1.76 bits per heavy atom. The topological polar surface area (TPSA) is 30.5 Å². The van der Waals surface area contributed by atoms with Crippen molar-refractivity contribution in [3.8, 4) is 0 Å². The molecular formula is C14H29NO2. The van der Waals surface area contributed by atoms with E-state index in [0.717, 1.165) is 13.1 Å². The summed E-state index contributed by atoms with van der Waals surface area (Å²) in [5.74, 6) is 0. The van der Waals surface area contributed by atoms with Crippen molar-refractivity contribution < 1.29 is 9.47 Å². The summed E-state index contributed by atoms with van der Waals surface area (Å²) in [6, 6.07) is 0. The quantitative estimate of drug-likeness (QED) is 0.697. The van der Waals surface area contributed by atoms with Crippen molar-refractivity contribution in [3.05, 3.63) is 0 Å². The van der Waals surface area contributed by atoms with E-state index in [4.69, 9.17) is 9.47 Å². The highest BCUT2D eigenvalue weighted by atomic mass is 16.5. The van der Waals surface area contributed by atoms with Gasteiger partial charge in [0.05, 0.1) is 24.4 Å². The summed E-state index contributed by atoms with van der Waals surface area (Å²) in [5.41, 5.74) is 0.0190. The van der Waals surface area contributed by atoms with Crippen LogP contribution < -0.4 is 5.32 Å². The van der Waals surface area contributed by atoms with Crippen LogP contribution in [0.3, 0.4) is 0 Å². The predicted molar refractivity (Wildman–Crippen MR) is 71.4 cm³/mol. The summed E-state index contributed by atoms with van der Waals surface area (Å²) in [4.78, 5) is 0. The molecule has 1 aliphatic carbocycles. The van der Waals surface area contributed by atoms with E-state index in [1.54, 1.807) is 0 Å². The number of likely N-dealkylation sites (N-methyl/N-ethyl adjacent to an activating group) is 1. The van der Waals surface area contributed by atoms with Crippen LogP contribution >= 0.6 is 0 Å². The van der Waals surface area contributed by atoms with Gasteiger partial charge >= 0.3 is 0 Å². The second kappa shape index (κ2) is 6.72. The molecule has 0 saturated heterocycles. The van der Waals surface area contributed by atoms with E-state index in [9.17, 15) is 0 Å². The third-order valence-electron chi connectivity index (χ3n) is 3.24. The van der Waals surface area contributed by atoms with Crippen molar-refractivity contribution in [2.45, 2.75) is 64.6 Å². The molecule has 0 spiro atoms. The lowest BCUT2D eigenvalue weighted by atomic mass is 10.0. The van der Waals surface area contributed by atoms with Gasteiger partial charge in [0.25, 0.3) is 0 Å². The Kier molecular flexibility index (Phi) is 5.90. The molecular weight excluding hydrogens is 214 g/mol. The van der Waals surface area contributed by atoms with Crippen LogP contribution in [-0.2, 0) is 9.47 Å². The largest absolute Gasteiger partial charge is 0.373 e. The minimum absolute atomic E-state index is 0.0616. The van der Waals surface area contributed by atoms with Crippen LogP contribution in [0.15, 0.2) is 0 Å². The lowest BCUT2D eigenvalue weighted by molar-refractivity contribution is -0.0886. The molecule has 3 nitrogen and oxygen atoms in total. The Hall–Kier alpha value is -0.120. The molecule has 0 radical (unpaired) electrons. The average molecular weight is 243 g/mol. The van der Waals surface area contributed by atoms with E-state index in [1.807, 2.05) is 0 Å². The highest BCUT2D eigenvalue weighted by Gasteiger charge is 2.34. The van der Waals surface area contributed by atoms with Gasteiger partial charge in [0.2, 0.25) is 0 Å². The van der Waals surface area contributed by atoms with E-state index in [-0.39, 0.29) is 11.2 Å². The molecule has 0 aromatic carbocycles. The number of hydrogen-bond donors (Lipinski definition) is 1. The molecule has 0 atom stereocenters. The highest BCUT2D eigenvalue weighted by Crippen LogP contribution is 2.32. The second-order valence-electron chi connectivity index (χ2n) is 5.98. The zero-order valence-corrected chi connectivity index (χ0v) is 12.0. The van der Waals surface area contributed by atoms with Gasteiger partial charge in [-0.1, -0.05) is 19.8 Å². The van der Waals surface area contributed by atoms with Gasteiger partial charge in [-0.2, -0.15) is 0 Å². The molecule has 0 aliphatic heterocycles. The fourth-order valence-electron chi connectivity index (χ4n) is 2.35. The molecule has 0 heterocycles. The lowest BCUT2D eigenvalue weighted by Gasteiger charge is -2.30. The Bertz CT molecular complexity index is 205. The number of nitrogens with one attached hydrogen (secondary N) is 1. The fraction of sp³-hybridized carbons (Fsp3) is 1.00. The maximum absolute atomic E-state index is 6.10. The molecule has 3 heteroatoms. The van der Waals surface area contributed by atoms with Crippen molar-refractivity contribution in [1.29, 1.82) is 0 Å². The maximum Gasteiger partial charge on any atom is 0.0807 e. The zero-order chi connectivity index (χ0) is 12.8. The van der Waals surface area contributed by atoms with E-state index in [2.05, 4.69) is 33.0 Å². The minimum Gasteiger partial charge on any atom is -0.373 e. The zero-order valence-electron chi connectivity index (χ0n) is 12.0. The lowest BCUT2D eigenvalue weighted by Crippen LogP contribution is -2.41. The molecule has 0 bridgehead atoms. The van der Waals surface area contributed by atoms with E-state index in [0.29, 0.717) is 13.2 Å². The molecule has 0 amide bonds. The molecule has 0 aromatic rings. The molecule has 0 aromatic heterocycles. The van der Waals surface area contributed by atoms with Crippen molar-refractivity contribution in [1.82, 2.24) is 5.32 Å². The highest BCUT2D eigenvalue weighted by molar-refractivity contribution is 4.88. The van der Waals surface area contributed by atoms with E-state index >= 15 is 0 Å². The average Bonchev–Trinajstić information content (AvgIpc) is 2.70. The number of hydrogen-bond acceptors (Lipinski definition) is 3. The fourth-order valence-corrected chi connectivity index (χ4v) is 2.35. The SMILES string of the molecule is CCNCC1(OCCOC(C)(C)C)CCCC1. The monoisotopic (exact) mass is 243 g/mol. The molecule has 0 unspecified atom stereocenters. The van der Waals surface area contributed by atoms with E-state index < -0.39 is 0 Å². The second-order valence-corrected chi connectivity index (χ2v) is 5.98. The molecule has 1 rings (SSSR count). The van der Waals surface area contributed by atoms with Gasteiger partial charge in [0.1, 0.15) is 0 Å². The van der Waals surface area contributed by atoms with Crippen molar-refractivity contribution in [3.63, 3.8) is 0 Å². The van der Waals surface area contributed by atoms with Crippen LogP contribution in [0.2, 0.25) is 0 Å². The summed E-state index contributed by atoms with van der Waals surface area (Å²) < 4.78 is 11.8. The summed E-state index contributed by atoms with van der Waals surface area (Å²) in [6.07, 6.45) is 4.97. The van der Waals surface area contributed by atoms with Crippen molar-refractivity contribution in [2.75, 3.05) is 26.3 Å². The standard InChI is InChI=1S/C14H29NO2/c1-5-15-12-14(8-6-7-9-14)17-11-10-16-13(2,3)4/h15H,5-12H2,1-4H3. The Morgan fingerprint density at radius 3 is 2.29 bits per heavy atom. The van der Waals surface area contributed by atoms with Gasteiger partial charge in [0.15, 0.2) is 0 Å². The molecule has 1 aliphatic rings. The van der Waals surface area contributed by atoms with Crippen molar-refractivity contribution in [2.24, 2.45) is 0 Å². The number of rotatable bonds is 7. The maximum atomic E-state index is 6.10. The summed E-state index contributed by atoms with van der Waals surface area (Å²) in [5, 5.41) is 3.42. The van der Waals surface area contributed by atoms with Crippen LogP contribution in [-0.4, -0.2) is 37.5 Å². The normalized spacial score (nSPS) is 19.8. The summed E-state index contributed by atoms with van der Waals surface area (Å²) in [7, 11) is 0. The van der Waals surface area contributed by atoms with Crippen LogP contribution in [0.4, 0.5) is 0 Å². The molecule has 1 saturated carbocycles. The summed E-state index contributed by atoms with van der Waals surface area (Å²) in [6.45, 7) is 11.8. The molecule has 17 heavy (non-hydrogen) atoms.